The van der Waals surface area contributed by atoms with E-state index in [1.807, 2.05) is 0 Å². The van der Waals surface area contributed by atoms with Crippen LogP contribution in [0.15, 0.2) is 12.2 Å². The molecule has 0 amide bonds. The average molecular weight is 401 g/mol. The Morgan fingerprint density at radius 1 is 0.893 bits per heavy atom. The predicted octanol–water partition coefficient (Wildman–Crippen LogP) is 4.13. The molecule has 0 aromatic carbocycles. The molecule has 4 atom stereocenters. The van der Waals surface area contributed by atoms with E-state index < -0.39 is 24.4 Å². The van der Waals surface area contributed by atoms with Gasteiger partial charge in [0, 0.05) is 6.61 Å². The third-order valence-electron chi connectivity index (χ3n) is 5.47. The fourth-order valence-corrected chi connectivity index (χ4v) is 3.61. The molecule has 3 N–H and O–H groups in total. The molecular weight excluding hydrogens is 356 g/mol. The smallest absolute Gasteiger partial charge is 0.114 e. The van der Waals surface area contributed by atoms with Gasteiger partial charge in [-0.3, -0.25) is 0 Å². The van der Waals surface area contributed by atoms with Gasteiger partial charge in [-0.1, -0.05) is 70.4 Å². The van der Waals surface area contributed by atoms with Gasteiger partial charge in [0.1, 0.15) is 24.4 Å². The van der Waals surface area contributed by atoms with E-state index in [0.29, 0.717) is 6.61 Å². The summed E-state index contributed by atoms with van der Waals surface area (Å²) in [4.78, 5) is 0. The first-order valence-corrected chi connectivity index (χ1v) is 11.6. The summed E-state index contributed by atoms with van der Waals surface area (Å²) in [5.41, 5.74) is 0. The summed E-state index contributed by atoms with van der Waals surface area (Å²) in [7, 11) is 0. The van der Waals surface area contributed by atoms with Crippen molar-refractivity contribution in [2.75, 3.05) is 19.8 Å². The van der Waals surface area contributed by atoms with Crippen LogP contribution in [0.25, 0.3) is 0 Å². The molecule has 0 aromatic rings. The van der Waals surface area contributed by atoms with Gasteiger partial charge in [-0.25, -0.2) is 0 Å². The van der Waals surface area contributed by atoms with Crippen LogP contribution in [0.4, 0.5) is 0 Å². The quantitative estimate of drug-likeness (QED) is 0.238. The molecule has 1 aliphatic rings. The Bertz CT molecular complexity index is 374. The third-order valence-corrected chi connectivity index (χ3v) is 5.47. The van der Waals surface area contributed by atoms with E-state index in [1.165, 1.54) is 64.2 Å². The normalized spacial score (nSPS) is 23.6. The SMILES string of the molecule is CCCCCCCCC/C=C/CCCCCCO[C@@H](CO)[C@@H]1OC[C@@H](O)[C@@H]1O. The molecule has 5 nitrogen and oxygen atoms in total. The Balaban J connectivity index is 1.88. The Kier molecular flexibility index (Phi) is 15.9. The van der Waals surface area contributed by atoms with Gasteiger partial charge in [0.05, 0.1) is 13.2 Å². The highest BCUT2D eigenvalue weighted by atomic mass is 16.6. The van der Waals surface area contributed by atoms with Crippen molar-refractivity contribution >= 4 is 0 Å². The number of aliphatic hydroxyl groups is 3. The highest BCUT2D eigenvalue weighted by molar-refractivity contribution is 4.88. The van der Waals surface area contributed by atoms with Crippen molar-refractivity contribution in [3.8, 4) is 0 Å². The van der Waals surface area contributed by atoms with Crippen LogP contribution in [-0.4, -0.2) is 59.6 Å². The zero-order valence-corrected chi connectivity index (χ0v) is 17.9. The maximum atomic E-state index is 9.82. The van der Waals surface area contributed by atoms with Crippen LogP contribution >= 0.6 is 0 Å². The van der Waals surface area contributed by atoms with Crippen LogP contribution in [0.3, 0.4) is 0 Å². The van der Waals surface area contributed by atoms with Crippen molar-refractivity contribution in [2.45, 2.75) is 115 Å². The molecule has 0 spiro atoms. The van der Waals surface area contributed by atoms with E-state index in [-0.39, 0.29) is 13.2 Å². The minimum Gasteiger partial charge on any atom is -0.394 e. The molecule has 0 radical (unpaired) electrons. The molecular formula is C23H44O5. The van der Waals surface area contributed by atoms with E-state index in [9.17, 15) is 15.3 Å². The summed E-state index contributed by atoms with van der Waals surface area (Å²) in [6.45, 7) is 2.69. The maximum Gasteiger partial charge on any atom is 0.114 e. The topological polar surface area (TPSA) is 79.2 Å². The molecule has 0 saturated carbocycles. The standard InChI is InChI=1S/C23H44O5/c1-2-3-4-5-6-7-8-9-10-11-12-13-14-15-16-17-27-21(18-24)23-22(26)20(25)19-28-23/h10-11,20-26H,2-9,12-19H2,1H3/b11-10+/t20-,21+,22+,23+/m1/s1. The molecule has 5 heteroatoms. The summed E-state index contributed by atoms with van der Waals surface area (Å²) >= 11 is 0. The number of rotatable bonds is 18. The van der Waals surface area contributed by atoms with Crippen molar-refractivity contribution in [2.24, 2.45) is 0 Å². The third kappa shape index (κ3) is 11.5. The van der Waals surface area contributed by atoms with Gasteiger partial charge in [-0.15, -0.1) is 0 Å². The molecule has 1 rings (SSSR count). The van der Waals surface area contributed by atoms with E-state index >= 15 is 0 Å². The van der Waals surface area contributed by atoms with Crippen LogP contribution in [0, 0.1) is 0 Å². The van der Waals surface area contributed by atoms with E-state index in [2.05, 4.69) is 19.1 Å². The van der Waals surface area contributed by atoms with Crippen molar-refractivity contribution in [3.63, 3.8) is 0 Å². The van der Waals surface area contributed by atoms with Crippen LogP contribution in [0.1, 0.15) is 90.4 Å². The molecule has 1 heterocycles. The maximum absolute atomic E-state index is 9.82. The van der Waals surface area contributed by atoms with Crippen LogP contribution in [0.2, 0.25) is 0 Å². The Morgan fingerprint density at radius 3 is 2.00 bits per heavy atom. The van der Waals surface area contributed by atoms with Gasteiger partial charge < -0.3 is 24.8 Å². The second-order valence-electron chi connectivity index (χ2n) is 8.03. The molecule has 28 heavy (non-hydrogen) atoms. The fraction of sp³-hybridized carbons (Fsp3) is 0.913. The molecule has 0 bridgehead atoms. The molecule has 0 aromatic heterocycles. The highest BCUT2D eigenvalue weighted by Gasteiger charge is 2.40. The highest BCUT2D eigenvalue weighted by Crippen LogP contribution is 2.20. The summed E-state index contributed by atoms with van der Waals surface area (Å²) < 4.78 is 11.0. The lowest BCUT2D eigenvalue weighted by Crippen LogP contribution is -2.42. The van der Waals surface area contributed by atoms with Gasteiger partial charge in [0.2, 0.25) is 0 Å². The van der Waals surface area contributed by atoms with Gasteiger partial charge in [-0.2, -0.15) is 0 Å². The number of unbranched alkanes of at least 4 members (excludes halogenated alkanes) is 11. The summed E-state index contributed by atoms with van der Waals surface area (Å²) in [6, 6.07) is 0. The number of aliphatic hydroxyl groups excluding tert-OH is 3. The largest absolute Gasteiger partial charge is 0.394 e. The zero-order chi connectivity index (χ0) is 20.5. The second-order valence-corrected chi connectivity index (χ2v) is 8.03. The van der Waals surface area contributed by atoms with Crippen LogP contribution in [-0.2, 0) is 9.47 Å². The van der Waals surface area contributed by atoms with Crippen molar-refractivity contribution < 1.29 is 24.8 Å². The van der Waals surface area contributed by atoms with Crippen molar-refractivity contribution in [3.05, 3.63) is 12.2 Å². The number of allylic oxidation sites excluding steroid dienone is 2. The fourth-order valence-electron chi connectivity index (χ4n) is 3.61. The first-order chi connectivity index (χ1) is 13.7. The van der Waals surface area contributed by atoms with Gasteiger partial charge in [-0.05, 0) is 32.1 Å². The lowest BCUT2D eigenvalue weighted by atomic mass is 10.1. The molecule has 1 fully saturated rings. The van der Waals surface area contributed by atoms with E-state index in [1.54, 1.807) is 0 Å². The monoisotopic (exact) mass is 400 g/mol. The molecule has 0 unspecified atom stereocenters. The summed E-state index contributed by atoms with van der Waals surface area (Å²) in [5.74, 6) is 0. The zero-order valence-electron chi connectivity index (χ0n) is 17.9. The predicted molar refractivity (Wildman–Crippen MR) is 113 cm³/mol. The van der Waals surface area contributed by atoms with Gasteiger partial charge >= 0.3 is 0 Å². The second kappa shape index (κ2) is 17.4. The van der Waals surface area contributed by atoms with Gasteiger partial charge in [0.15, 0.2) is 0 Å². The van der Waals surface area contributed by atoms with Crippen LogP contribution < -0.4 is 0 Å². The minimum atomic E-state index is -0.981. The molecule has 1 aliphatic heterocycles. The van der Waals surface area contributed by atoms with Crippen molar-refractivity contribution in [1.82, 2.24) is 0 Å². The average Bonchev–Trinajstić information content (AvgIpc) is 3.03. The minimum absolute atomic E-state index is 0.0954. The number of hydrogen-bond acceptors (Lipinski definition) is 5. The van der Waals surface area contributed by atoms with Crippen molar-refractivity contribution in [1.29, 1.82) is 0 Å². The Labute approximate surface area is 172 Å². The lowest BCUT2D eigenvalue weighted by molar-refractivity contribution is -0.101. The molecule has 1 saturated heterocycles. The molecule has 166 valence electrons. The van der Waals surface area contributed by atoms with E-state index in [0.717, 1.165) is 19.3 Å². The number of hydrogen-bond donors (Lipinski definition) is 3. The summed E-state index contributed by atoms with van der Waals surface area (Å²) in [6.07, 6.45) is 17.9. The lowest BCUT2D eigenvalue weighted by Gasteiger charge is -2.24. The van der Waals surface area contributed by atoms with Gasteiger partial charge in [0.25, 0.3) is 0 Å². The number of ether oxygens (including phenoxy) is 2. The first kappa shape index (κ1) is 25.6. The Morgan fingerprint density at radius 2 is 1.46 bits per heavy atom. The Hall–Kier alpha value is -0.460. The van der Waals surface area contributed by atoms with E-state index in [4.69, 9.17) is 9.47 Å². The summed E-state index contributed by atoms with van der Waals surface area (Å²) in [5, 5.41) is 28.7. The van der Waals surface area contributed by atoms with Crippen LogP contribution in [0.5, 0.6) is 0 Å². The molecule has 0 aliphatic carbocycles. The first-order valence-electron chi connectivity index (χ1n) is 11.6.